The maximum atomic E-state index is 13.4. The summed E-state index contributed by atoms with van der Waals surface area (Å²) in [5, 5.41) is 3.47. The molecular weight excluding hydrogens is 510 g/mol. The normalized spacial score (nSPS) is 11.0. The molecular formula is C28H26BrNO5. The van der Waals surface area contributed by atoms with Gasteiger partial charge in [-0.3, -0.25) is 9.59 Å². The zero-order valence-corrected chi connectivity index (χ0v) is 21.6. The second-order valence-electron chi connectivity index (χ2n) is 8.51. The average Bonchev–Trinajstić information content (AvgIpc) is 3.20. The average molecular weight is 536 g/mol. The molecule has 1 heterocycles. The minimum atomic E-state index is -0.391. The third-order valence-electron chi connectivity index (χ3n) is 5.63. The van der Waals surface area contributed by atoms with Gasteiger partial charge in [0.1, 0.15) is 17.1 Å². The van der Waals surface area contributed by atoms with E-state index in [9.17, 15) is 9.59 Å². The van der Waals surface area contributed by atoms with Crippen LogP contribution in [0.1, 0.15) is 47.0 Å². The van der Waals surface area contributed by atoms with E-state index in [0.717, 1.165) is 11.1 Å². The molecule has 6 nitrogen and oxygen atoms in total. The zero-order chi connectivity index (χ0) is 25.1. The van der Waals surface area contributed by atoms with Crippen molar-refractivity contribution in [3.05, 3.63) is 87.6 Å². The van der Waals surface area contributed by atoms with Crippen molar-refractivity contribution in [1.82, 2.24) is 0 Å². The molecule has 1 amide bonds. The number of furan rings is 1. The van der Waals surface area contributed by atoms with Crippen LogP contribution in [0, 0.1) is 6.92 Å². The van der Waals surface area contributed by atoms with Gasteiger partial charge in [-0.05, 0) is 76.3 Å². The van der Waals surface area contributed by atoms with Crippen molar-refractivity contribution >= 4 is 44.3 Å². The molecule has 180 valence electrons. The van der Waals surface area contributed by atoms with Gasteiger partial charge in [-0.1, -0.05) is 38.1 Å². The number of ether oxygens (including phenoxy) is 2. The highest BCUT2D eigenvalue weighted by Crippen LogP contribution is 2.34. The summed E-state index contributed by atoms with van der Waals surface area (Å²) < 4.78 is 17.7. The van der Waals surface area contributed by atoms with Crippen LogP contribution in [0.25, 0.3) is 11.0 Å². The van der Waals surface area contributed by atoms with Crippen LogP contribution in [-0.4, -0.2) is 25.4 Å². The van der Waals surface area contributed by atoms with Crippen molar-refractivity contribution in [1.29, 1.82) is 0 Å². The molecule has 0 spiro atoms. The first-order valence-corrected chi connectivity index (χ1v) is 12.0. The summed E-state index contributed by atoms with van der Waals surface area (Å²) in [7, 11) is 1.55. The Kier molecular flexibility index (Phi) is 7.26. The Bertz CT molecular complexity index is 1410. The summed E-state index contributed by atoms with van der Waals surface area (Å²) in [4.78, 5) is 26.3. The van der Waals surface area contributed by atoms with Crippen LogP contribution in [0.3, 0.4) is 0 Å². The molecule has 0 aliphatic rings. The molecule has 0 aliphatic heterocycles. The lowest BCUT2D eigenvalue weighted by Crippen LogP contribution is -2.21. The number of para-hydroxylation sites is 1. The summed E-state index contributed by atoms with van der Waals surface area (Å²) in [5.74, 6) is 0.828. The number of benzene rings is 3. The molecule has 35 heavy (non-hydrogen) atoms. The number of nitrogens with one attached hydrogen (secondary N) is 1. The van der Waals surface area contributed by atoms with Crippen molar-refractivity contribution in [3.8, 4) is 11.5 Å². The van der Waals surface area contributed by atoms with E-state index in [-0.39, 0.29) is 24.1 Å². The van der Waals surface area contributed by atoms with E-state index in [1.165, 1.54) is 0 Å². The third kappa shape index (κ3) is 5.25. The summed E-state index contributed by atoms with van der Waals surface area (Å²) in [6, 6.07) is 18.2. The SMILES string of the molecule is COc1ccc(C(=O)c2oc3ccccc3c2NC(=O)COc2cc(C)ccc2C(C)C)cc1Br. The van der Waals surface area contributed by atoms with E-state index in [2.05, 4.69) is 35.1 Å². The number of carbonyl (C=O) groups excluding carboxylic acids is 2. The molecule has 0 atom stereocenters. The Morgan fingerprint density at radius 3 is 2.51 bits per heavy atom. The number of aryl methyl sites for hydroxylation is 1. The second-order valence-corrected chi connectivity index (χ2v) is 9.37. The van der Waals surface area contributed by atoms with Gasteiger partial charge >= 0.3 is 0 Å². The number of methoxy groups -OCH3 is 1. The molecule has 1 N–H and O–H groups in total. The Labute approximate surface area is 212 Å². The predicted octanol–water partition coefficient (Wildman–Crippen LogP) is 6.88. The fraction of sp³-hybridized carbons (Fsp3) is 0.214. The lowest BCUT2D eigenvalue weighted by Gasteiger charge is -2.15. The number of halogens is 1. The molecule has 0 fully saturated rings. The number of hydrogen-bond donors (Lipinski definition) is 1. The molecule has 0 saturated heterocycles. The van der Waals surface area contributed by atoms with Crippen LogP contribution >= 0.6 is 15.9 Å². The summed E-state index contributed by atoms with van der Waals surface area (Å²) in [6.07, 6.45) is 0. The summed E-state index contributed by atoms with van der Waals surface area (Å²) in [6.45, 7) is 5.92. The lowest BCUT2D eigenvalue weighted by molar-refractivity contribution is -0.118. The van der Waals surface area contributed by atoms with Gasteiger partial charge in [-0.25, -0.2) is 0 Å². The number of fused-ring (bicyclic) bond motifs is 1. The van der Waals surface area contributed by atoms with Gasteiger partial charge in [0.15, 0.2) is 12.4 Å². The fourth-order valence-electron chi connectivity index (χ4n) is 3.83. The number of anilines is 1. The predicted molar refractivity (Wildman–Crippen MR) is 140 cm³/mol. The van der Waals surface area contributed by atoms with E-state index in [1.807, 2.05) is 37.3 Å². The first-order chi connectivity index (χ1) is 16.8. The quantitative estimate of drug-likeness (QED) is 0.248. The first kappa shape index (κ1) is 24.5. The molecule has 0 radical (unpaired) electrons. The highest BCUT2D eigenvalue weighted by Gasteiger charge is 2.24. The molecule has 3 aromatic carbocycles. The van der Waals surface area contributed by atoms with E-state index in [4.69, 9.17) is 13.9 Å². The number of amides is 1. The number of ketones is 1. The van der Waals surface area contributed by atoms with Crippen molar-refractivity contribution in [2.24, 2.45) is 0 Å². The molecule has 0 aliphatic carbocycles. The maximum absolute atomic E-state index is 13.4. The summed E-state index contributed by atoms with van der Waals surface area (Å²) >= 11 is 3.41. The Morgan fingerprint density at radius 2 is 1.80 bits per heavy atom. The van der Waals surface area contributed by atoms with Gasteiger partial charge in [0, 0.05) is 10.9 Å². The second kappa shape index (κ2) is 10.4. The molecule has 0 saturated carbocycles. The van der Waals surface area contributed by atoms with Crippen LogP contribution in [0.4, 0.5) is 5.69 Å². The van der Waals surface area contributed by atoms with Crippen molar-refractivity contribution in [2.45, 2.75) is 26.7 Å². The van der Waals surface area contributed by atoms with Crippen molar-refractivity contribution < 1.29 is 23.5 Å². The molecule has 4 rings (SSSR count). The fourth-order valence-corrected chi connectivity index (χ4v) is 4.37. The lowest BCUT2D eigenvalue weighted by atomic mass is 10.0. The molecule has 0 bridgehead atoms. The van der Waals surface area contributed by atoms with Crippen molar-refractivity contribution in [3.63, 3.8) is 0 Å². The highest BCUT2D eigenvalue weighted by atomic mass is 79.9. The van der Waals surface area contributed by atoms with E-state index in [1.54, 1.807) is 37.4 Å². The summed E-state index contributed by atoms with van der Waals surface area (Å²) in [5.41, 5.74) is 3.28. The third-order valence-corrected chi connectivity index (χ3v) is 6.25. The van der Waals surface area contributed by atoms with Gasteiger partial charge in [0.25, 0.3) is 5.91 Å². The van der Waals surface area contributed by atoms with Crippen LogP contribution in [0.15, 0.2) is 69.6 Å². The van der Waals surface area contributed by atoms with Crippen molar-refractivity contribution in [2.75, 3.05) is 19.0 Å². The van der Waals surface area contributed by atoms with Gasteiger partial charge in [-0.15, -0.1) is 0 Å². The van der Waals surface area contributed by atoms with E-state index >= 15 is 0 Å². The first-order valence-electron chi connectivity index (χ1n) is 11.2. The molecule has 0 unspecified atom stereocenters. The monoisotopic (exact) mass is 535 g/mol. The highest BCUT2D eigenvalue weighted by molar-refractivity contribution is 9.10. The Hall–Kier alpha value is -3.58. The van der Waals surface area contributed by atoms with Gasteiger partial charge in [-0.2, -0.15) is 0 Å². The van der Waals surface area contributed by atoms with Crippen LogP contribution < -0.4 is 14.8 Å². The largest absolute Gasteiger partial charge is 0.496 e. The zero-order valence-electron chi connectivity index (χ0n) is 20.0. The van der Waals surface area contributed by atoms with Gasteiger partial charge in [0.2, 0.25) is 5.78 Å². The number of hydrogen-bond acceptors (Lipinski definition) is 5. The minimum absolute atomic E-state index is 0.0510. The van der Waals surface area contributed by atoms with E-state index < -0.39 is 5.91 Å². The Balaban J connectivity index is 1.62. The molecule has 7 heteroatoms. The van der Waals surface area contributed by atoms with Crippen LogP contribution in [0.5, 0.6) is 11.5 Å². The minimum Gasteiger partial charge on any atom is -0.496 e. The molecule has 1 aromatic heterocycles. The molecule has 4 aromatic rings. The number of rotatable bonds is 8. The smallest absolute Gasteiger partial charge is 0.262 e. The van der Waals surface area contributed by atoms with E-state index in [0.29, 0.717) is 38.2 Å². The van der Waals surface area contributed by atoms with Crippen LogP contribution in [0.2, 0.25) is 0 Å². The Morgan fingerprint density at radius 1 is 1.03 bits per heavy atom. The van der Waals surface area contributed by atoms with Crippen LogP contribution in [-0.2, 0) is 4.79 Å². The van der Waals surface area contributed by atoms with Gasteiger partial charge in [0.05, 0.1) is 17.3 Å². The topological polar surface area (TPSA) is 77.8 Å². The van der Waals surface area contributed by atoms with Gasteiger partial charge < -0.3 is 19.2 Å². The number of carbonyl (C=O) groups is 2. The standard InChI is InChI=1S/C28H26BrNO5/c1-16(2)19-11-9-17(3)13-24(19)34-15-25(31)30-26-20-7-5-6-8-22(20)35-28(26)27(32)18-10-12-23(33-4)21(29)14-18/h5-14,16H,15H2,1-4H3,(H,30,31). The maximum Gasteiger partial charge on any atom is 0.262 e.